The molecule has 0 bridgehead atoms. The summed E-state index contributed by atoms with van der Waals surface area (Å²) in [5, 5.41) is 2.78. The highest BCUT2D eigenvalue weighted by molar-refractivity contribution is 5.71. The van der Waals surface area contributed by atoms with Crippen LogP contribution in [0.25, 0.3) is 0 Å². The molecular weight excluding hydrogens is 282 g/mol. The number of ether oxygens (including phenoxy) is 2. The maximum absolute atomic E-state index is 11.9. The summed E-state index contributed by atoms with van der Waals surface area (Å²) < 4.78 is 9.85. The number of rotatable bonds is 5. The molecule has 1 atom stereocenters. The summed E-state index contributed by atoms with van der Waals surface area (Å²) >= 11 is 0. The Bertz CT molecular complexity index is 517. The van der Waals surface area contributed by atoms with E-state index in [1.807, 2.05) is 30.3 Å². The summed E-state index contributed by atoms with van der Waals surface area (Å²) in [6, 6.07) is 9.07. The van der Waals surface area contributed by atoms with Gasteiger partial charge < -0.3 is 14.8 Å². The molecule has 0 spiro atoms. The number of carbonyl (C=O) groups excluding carboxylic acids is 2. The van der Waals surface area contributed by atoms with E-state index in [1.54, 1.807) is 32.9 Å². The summed E-state index contributed by atoms with van der Waals surface area (Å²) in [6.45, 7) is 5.41. The van der Waals surface area contributed by atoms with Crippen LogP contribution in [-0.2, 0) is 14.3 Å². The lowest BCUT2D eigenvalue weighted by Gasteiger charge is -2.22. The van der Waals surface area contributed by atoms with Gasteiger partial charge in [0.2, 0.25) is 0 Å². The molecule has 1 rings (SSSR count). The summed E-state index contributed by atoms with van der Waals surface area (Å²) in [5.74, 6) is -0.333. The first-order valence-corrected chi connectivity index (χ1v) is 7.10. The highest BCUT2D eigenvalue weighted by Crippen LogP contribution is 2.16. The van der Waals surface area contributed by atoms with E-state index >= 15 is 0 Å². The van der Waals surface area contributed by atoms with Crippen molar-refractivity contribution >= 4 is 12.1 Å². The van der Waals surface area contributed by atoms with Crippen molar-refractivity contribution in [2.45, 2.75) is 38.8 Å². The molecular formula is C17H23NO4. The molecule has 1 aromatic rings. The molecule has 0 unspecified atom stereocenters. The minimum Gasteiger partial charge on any atom is -0.469 e. The van der Waals surface area contributed by atoms with E-state index in [1.165, 1.54) is 7.11 Å². The highest BCUT2D eigenvalue weighted by Gasteiger charge is 2.19. The van der Waals surface area contributed by atoms with Crippen LogP contribution in [0.1, 0.15) is 38.8 Å². The topological polar surface area (TPSA) is 64.6 Å². The van der Waals surface area contributed by atoms with Crippen LogP contribution in [0.15, 0.2) is 42.5 Å². The standard InChI is InChI=1S/C17H23NO4/c1-17(2,3)22-16(20)18-14(11-8-12-15(19)21-4)13-9-6-5-7-10-13/h5-11,14H,12H2,1-4H3,(H,18,20)/b11-8+/t14-/m1/s1. The molecule has 1 amide bonds. The smallest absolute Gasteiger partial charge is 0.408 e. The largest absolute Gasteiger partial charge is 0.469 e. The monoisotopic (exact) mass is 305 g/mol. The van der Waals surface area contributed by atoms with Crippen LogP contribution < -0.4 is 5.32 Å². The van der Waals surface area contributed by atoms with Crippen molar-refractivity contribution in [1.82, 2.24) is 5.32 Å². The Morgan fingerprint density at radius 3 is 2.41 bits per heavy atom. The number of methoxy groups -OCH3 is 1. The molecule has 0 aliphatic carbocycles. The van der Waals surface area contributed by atoms with E-state index in [9.17, 15) is 9.59 Å². The molecule has 1 N–H and O–H groups in total. The van der Waals surface area contributed by atoms with Gasteiger partial charge in [0.15, 0.2) is 0 Å². The lowest BCUT2D eigenvalue weighted by Crippen LogP contribution is -2.34. The van der Waals surface area contributed by atoms with Crippen molar-refractivity contribution < 1.29 is 19.1 Å². The maximum atomic E-state index is 11.9. The van der Waals surface area contributed by atoms with Gasteiger partial charge in [0.1, 0.15) is 5.60 Å². The lowest BCUT2D eigenvalue weighted by molar-refractivity contribution is -0.139. The zero-order valence-electron chi connectivity index (χ0n) is 13.5. The molecule has 0 heterocycles. The van der Waals surface area contributed by atoms with Crippen LogP contribution in [0.4, 0.5) is 4.79 Å². The van der Waals surface area contributed by atoms with Crippen LogP contribution in [-0.4, -0.2) is 24.8 Å². The quantitative estimate of drug-likeness (QED) is 0.669. The second kappa shape index (κ2) is 8.22. The van der Waals surface area contributed by atoms with Crippen molar-refractivity contribution in [3.05, 3.63) is 48.0 Å². The molecule has 0 aliphatic heterocycles. The number of carbonyl (C=O) groups is 2. The average Bonchev–Trinajstić information content (AvgIpc) is 2.45. The van der Waals surface area contributed by atoms with Crippen LogP contribution in [0.3, 0.4) is 0 Å². The molecule has 0 saturated heterocycles. The van der Waals surface area contributed by atoms with Gasteiger partial charge in [-0.2, -0.15) is 0 Å². The number of hydrogen-bond acceptors (Lipinski definition) is 4. The van der Waals surface area contributed by atoms with Crippen LogP contribution in [0.5, 0.6) is 0 Å². The maximum Gasteiger partial charge on any atom is 0.408 e. The van der Waals surface area contributed by atoms with E-state index in [0.717, 1.165) is 5.56 Å². The van der Waals surface area contributed by atoms with Crippen LogP contribution >= 0.6 is 0 Å². The third-order valence-corrected chi connectivity index (χ3v) is 2.67. The molecule has 5 heteroatoms. The van der Waals surface area contributed by atoms with E-state index in [4.69, 9.17) is 4.74 Å². The molecule has 0 aromatic heterocycles. The van der Waals surface area contributed by atoms with Crippen LogP contribution in [0, 0.1) is 0 Å². The minimum atomic E-state index is -0.568. The Labute approximate surface area is 131 Å². The zero-order valence-corrected chi connectivity index (χ0v) is 13.5. The molecule has 0 fully saturated rings. The van der Waals surface area contributed by atoms with Gasteiger partial charge >= 0.3 is 12.1 Å². The van der Waals surface area contributed by atoms with Crippen molar-refractivity contribution in [3.63, 3.8) is 0 Å². The fourth-order valence-corrected chi connectivity index (χ4v) is 1.72. The first kappa shape index (κ1) is 17.8. The Hall–Kier alpha value is -2.30. The van der Waals surface area contributed by atoms with E-state index < -0.39 is 11.7 Å². The van der Waals surface area contributed by atoms with Gasteiger partial charge in [-0.05, 0) is 26.3 Å². The zero-order chi connectivity index (χ0) is 16.6. The van der Waals surface area contributed by atoms with Gasteiger partial charge in [-0.3, -0.25) is 4.79 Å². The number of hydrogen-bond donors (Lipinski definition) is 1. The normalized spacial score (nSPS) is 12.7. The van der Waals surface area contributed by atoms with Crippen molar-refractivity contribution in [3.8, 4) is 0 Å². The van der Waals surface area contributed by atoms with Crippen molar-refractivity contribution in [2.24, 2.45) is 0 Å². The summed E-state index contributed by atoms with van der Waals surface area (Å²) in [4.78, 5) is 23.1. The van der Waals surface area contributed by atoms with Gasteiger partial charge in [-0.1, -0.05) is 42.5 Å². The molecule has 0 saturated carbocycles. The number of alkyl carbamates (subject to hydrolysis) is 1. The third kappa shape index (κ3) is 6.92. The molecule has 0 aliphatic rings. The van der Waals surface area contributed by atoms with Gasteiger partial charge in [0.05, 0.1) is 19.6 Å². The fourth-order valence-electron chi connectivity index (χ4n) is 1.72. The van der Waals surface area contributed by atoms with Crippen LogP contribution in [0.2, 0.25) is 0 Å². The summed E-state index contributed by atoms with van der Waals surface area (Å²) in [6.07, 6.45) is 3.05. The molecule has 1 aromatic carbocycles. The Morgan fingerprint density at radius 1 is 1.23 bits per heavy atom. The minimum absolute atomic E-state index is 0.149. The van der Waals surface area contributed by atoms with Gasteiger partial charge in [0.25, 0.3) is 0 Å². The first-order valence-electron chi connectivity index (χ1n) is 7.10. The van der Waals surface area contributed by atoms with Gasteiger partial charge in [-0.15, -0.1) is 0 Å². The molecule has 5 nitrogen and oxygen atoms in total. The SMILES string of the molecule is COC(=O)C/C=C/[C@@H](NC(=O)OC(C)(C)C)c1ccccc1. The Morgan fingerprint density at radius 2 is 1.86 bits per heavy atom. The number of benzene rings is 1. The second-order valence-electron chi connectivity index (χ2n) is 5.74. The van der Waals surface area contributed by atoms with E-state index in [0.29, 0.717) is 0 Å². The fraction of sp³-hybridized carbons (Fsp3) is 0.412. The Balaban J connectivity index is 2.79. The summed E-state index contributed by atoms with van der Waals surface area (Å²) in [5.41, 5.74) is 0.329. The van der Waals surface area contributed by atoms with Gasteiger partial charge in [-0.25, -0.2) is 4.79 Å². The molecule has 120 valence electrons. The first-order chi connectivity index (χ1) is 10.3. The second-order valence-corrected chi connectivity index (χ2v) is 5.74. The molecule has 0 radical (unpaired) electrons. The third-order valence-electron chi connectivity index (χ3n) is 2.67. The van der Waals surface area contributed by atoms with E-state index in [2.05, 4.69) is 10.1 Å². The Kier molecular flexibility index (Phi) is 6.63. The predicted octanol–water partition coefficient (Wildman–Crippen LogP) is 3.37. The number of nitrogens with one attached hydrogen (secondary N) is 1. The number of esters is 1. The molecule has 22 heavy (non-hydrogen) atoms. The lowest BCUT2D eigenvalue weighted by atomic mass is 10.1. The highest BCUT2D eigenvalue weighted by atomic mass is 16.6. The van der Waals surface area contributed by atoms with Crippen molar-refractivity contribution in [2.75, 3.05) is 7.11 Å². The number of amides is 1. The predicted molar refractivity (Wildman–Crippen MR) is 84.3 cm³/mol. The van der Waals surface area contributed by atoms with E-state index in [-0.39, 0.29) is 18.4 Å². The summed E-state index contributed by atoms with van der Waals surface area (Å²) in [7, 11) is 1.34. The average molecular weight is 305 g/mol. The van der Waals surface area contributed by atoms with Crippen molar-refractivity contribution in [1.29, 1.82) is 0 Å². The van der Waals surface area contributed by atoms with Gasteiger partial charge in [0, 0.05) is 0 Å².